The number of imide groups is 1. The second kappa shape index (κ2) is 5.63. The molecule has 0 N–H and O–H groups in total. The Hall–Kier alpha value is -2.41. The maximum absolute atomic E-state index is 13.7. The molecule has 156 valence electrons. The highest BCUT2D eigenvalue weighted by Gasteiger charge is 2.71. The minimum absolute atomic E-state index is 0.0222. The summed E-state index contributed by atoms with van der Waals surface area (Å²) in [6.07, 6.45) is 8.57. The van der Waals surface area contributed by atoms with Crippen LogP contribution in [0.2, 0.25) is 0 Å². The van der Waals surface area contributed by atoms with E-state index in [0.717, 1.165) is 30.4 Å². The molecule has 7 heteroatoms. The van der Waals surface area contributed by atoms with Crippen molar-refractivity contribution >= 4 is 21.8 Å². The predicted octanol–water partition coefficient (Wildman–Crippen LogP) is 2.47. The van der Waals surface area contributed by atoms with E-state index in [1.54, 1.807) is 19.2 Å². The average Bonchev–Trinajstić information content (AvgIpc) is 3.25. The Morgan fingerprint density at radius 3 is 2.53 bits per heavy atom. The van der Waals surface area contributed by atoms with E-state index in [0.29, 0.717) is 0 Å². The van der Waals surface area contributed by atoms with Crippen LogP contribution in [-0.4, -0.2) is 42.5 Å². The van der Waals surface area contributed by atoms with Gasteiger partial charge in [-0.2, -0.15) is 0 Å². The molecule has 2 heterocycles. The van der Waals surface area contributed by atoms with E-state index in [2.05, 4.69) is 6.08 Å². The first kappa shape index (κ1) is 18.4. The van der Waals surface area contributed by atoms with E-state index in [1.807, 2.05) is 31.3 Å². The first-order valence-electron chi connectivity index (χ1n) is 10.6. The molecule has 3 fully saturated rings. The minimum atomic E-state index is -3.75. The zero-order valence-corrected chi connectivity index (χ0v) is 17.8. The zero-order chi connectivity index (χ0) is 21.0. The van der Waals surface area contributed by atoms with Crippen molar-refractivity contribution in [3.05, 3.63) is 53.8 Å². The molecule has 7 rings (SSSR count). The largest absolute Gasteiger partial charge is 0.285 e. The van der Waals surface area contributed by atoms with Gasteiger partial charge in [-0.3, -0.25) is 18.8 Å². The Labute approximate surface area is 176 Å². The highest BCUT2D eigenvalue weighted by atomic mass is 32.2. The SMILES string of the molecule is Cc1ccc(S(=O)(=O)N2C=C3CCC[C@@]45C=C[C@@H]([C@H]6C(=O)N(C)C(=O)[C@H]64)[C@H]2[C@H]35)cc1. The van der Waals surface area contributed by atoms with Crippen LogP contribution in [0.15, 0.2) is 53.1 Å². The van der Waals surface area contributed by atoms with Gasteiger partial charge in [0.15, 0.2) is 0 Å². The fourth-order valence-electron chi connectivity index (χ4n) is 6.95. The van der Waals surface area contributed by atoms with E-state index >= 15 is 0 Å². The van der Waals surface area contributed by atoms with Crippen molar-refractivity contribution in [3.8, 4) is 0 Å². The number of benzene rings is 1. The van der Waals surface area contributed by atoms with Gasteiger partial charge in [0.25, 0.3) is 10.0 Å². The topological polar surface area (TPSA) is 74.8 Å². The summed E-state index contributed by atoms with van der Waals surface area (Å²) >= 11 is 0. The monoisotopic (exact) mass is 424 g/mol. The molecule has 30 heavy (non-hydrogen) atoms. The summed E-state index contributed by atoms with van der Waals surface area (Å²) < 4.78 is 28.8. The number of amides is 2. The van der Waals surface area contributed by atoms with Crippen LogP contribution in [0.5, 0.6) is 0 Å². The molecule has 2 aliphatic heterocycles. The number of sulfonamides is 1. The van der Waals surface area contributed by atoms with E-state index in [-0.39, 0.29) is 40.5 Å². The van der Waals surface area contributed by atoms with Crippen LogP contribution in [0.25, 0.3) is 0 Å². The maximum Gasteiger partial charge on any atom is 0.264 e. The smallest absolute Gasteiger partial charge is 0.264 e. The Bertz CT molecular complexity index is 1150. The van der Waals surface area contributed by atoms with E-state index in [9.17, 15) is 18.0 Å². The third kappa shape index (κ3) is 1.97. The van der Waals surface area contributed by atoms with Crippen LogP contribution in [0.1, 0.15) is 24.8 Å². The van der Waals surface area contributed by atoms with Crippen LogP contribution in [0, 0.1) is 36.0 Å². The van der Waals surface area contributed by atoms with E-state index in [4.69, 9.17) is 0 Å². The van der Waals surface area contributed by atoms with Gasteiger partial charge in [0.1, 0.15) is 0 Å². The summed E-state index contributed by atoms with van der Waals surface area (Å²) in [6.45, 7) is 1.93. The molecule has 1 aromatic carbocycles. The molecule has 6 atom stereocenters. The molecule has 4 aliphatic carbocycles. The van der Waals surface area contributed by atoms with Crippen molar-refractivity contribution in [1.29, 1.82) is 0 Å². The number of carbonyl (C=O) groups is 2. The number of hydrogen-bond donors (Lipinski definition) is 0. The van der Waals surface area contributed by atoms with Gasteiger partial charge >= 0.3 is 0 Å². The standard InChI is InChI=1S/C23H24N2O4S/c1-13-5-7-15(8-6-13)30(28,29)25-12-14-4-3-10-23-11-9-16(20(25)18(14)23)17-19(23)22(27)24(2)21(17)26/h5-9,11-12,16-20H,3-4,10H2,1-2H3/t16-,17+,18-,19-,20-,23-/m0/s1. The lowest BCUT2D eigenvalue weighted by Gasteiger charge is -2.58. The zero-order valence-electron chi connectivity index (χ0n) is 17.0. The molecule has 6 nitrogen and oxygen atoms in total. The molecular weight excluding hydrogens is 400 g/mol. The van der Waals surface area contributed by atoms with Gasteiger partial charge < -0.3 is 0 Å². The van der Waals surface area contributed by atoms with Crippen molar-refractivity contribution in [2.24, 2.45) is 29.1 Å². The van der Waals surface area contributed by atoms with Crippen molar-refractivity contribution in [3.63, 3.8) is 0 Å². The van der Waals surface area contributed by atoms with Gasteiger partial charge in [-0.1, -0.05) is 29.8 Å². The Kier molecular flexibility index (Phi) is 3.45. The van der Waals surface area contributed by atoms with Crippen LogP contribution in [0.4, 0.5) is 0 Å². The molecule has 1 saturated heterocycles. The Morgan fingerprint density at radius 1 is 1.07 bits per heavy atom. The summed E-state index contributed by atoms with van der Waals surface area (Å²) in [7, 11) is -2.19. The molecule has 0 aromatic heterocycles. The summed E-state index contributed by atoms with van der Waals surface area (Å²) in [4.78, 5) is 27.7. The number of nitrogens with zero attached hydrogens (tertiary/aromatic N) is 2. The summed E-state index contributed by atoms with van der Waals surface area (Å²) in [5, 5.41) is 0. The lowest BCUT2D eigenvalue weighted by molar-refractivity contribution is -0.139. The van der Waals surface area contributed by atoms with Gasteiger partial charge in [0, 0.05) is 30.5 Å². The van der Waals surface area contributed by atoms with Crippen LogP contribution in [0.3, 0.4) is 0 Å². The van der Waals surface area contributed by atoms with Gasteiger partial charge in [0.05, 0.1) is 22.8 Å². The lowest BCUT2D eigenvalue weighted by atomic mass is 9.45. The number of aryl methyl sites for hydroxylation is 1. The van der Waals surface area contributed by atoms with Gasteiger partial charge in [-0.05, 0) is 43.9 Å². The lowest BCUT2D eigenvalue weighted by Crippen LogP contribution is -2.62. The quantitative estimate of drug-likeness (QED) is 0.540. The third-order valence-electron chi connectivity index (χ3n) is 8.17. The van der Waals surface area contributed by atoms with Crippen LogP contribution >= 0.6 is 0 Å². The van der Waals surface area contributed by atoms with Gasteiger partial charge in [-0.25, -0.2) is 8.42 Å². The number of hydrogen-bond acceptors (Lipinski definition) is 4. The summed E-state index contributed by atoms with van der Waals surface area (Å²) in [5.41, 5.74) is 1.66. The average molecular weight is 425 g/mol. The molecule has 1 aromatic rings. The predicted molar refractivity (Wildman–Crippen MR) is 109 cm³/mol. The Balaban J connectivity index is 1.52. The van der Waals surface area contributed by atoms with Crippen molar-refractivity contribution < 1.29 is 18.0 Å². The van der Waals surface area contributed by atoms with Crippen molar-refractivity contribution in [1.82, 2.24) is 9.21 Å². The van der Waals surface area contributed by atoms with Gasteiger partial charge in [0.2, 0.25) is 11.8 Å². The van der Waals surface area contributed by atoms with E-state index in [1.165, 1.54) is 9.21 Å². The van der Waals surface area contributed by atoms with Crippen molar-refractivity contribution in [2.75, 3.05) is 7.05 Å². The molecule has 2 amide bonds. The fraction of sp³-hybridized carbons (Fsp3) is 0.478. The second-order valence-corrected chi connectivity index (χ2v) is 11.3. The molecular formula is C23H24N2O4S. The second-order valence-electron chi connectivity index (χ2n) is 9.46. The van der Waals surface area contributed by atoms with E-state index < -0.39 is 21.4 Å². The first-order valence-corrected chi connectivity index (χ1v) is 12.0. The summed E-state index contributed by atoms with van der Waals surface area (Å²) in [5.74, 6) is -1.39. The molecule has 0 unspecified atom stereocenters. The number of likely N-dealkylation sites (tertiary alicyclic amines) is 1. The molecule has 2 saturated carbocycles. The number of carbonyl (C=O) groups excluding carboxylic acids is 2. The molecule has 6 aliphatic rings. The maximum atomic E-state index is 13.7. The van der Waals surface area contributed by atoms with Gasteiger partial charge in [-0.15, -0.1) is 0 Å². The molecule has 1 spiro atoms. The highest BCUT2D eigenvalue weighted by Crippen LogP contribution is 2.67. The highest BCUT2D eigenvalue weighted by molar-refractivity contribution is 7.89. The normalized spacial score (nSPS) is 38.7. The summed E-state index contributed by atoms with van der Waals surface area (Å²) in [6, 6.07) is 6.59. The number of allylic oxidation sites excluding steroid dienone is 1. The number of rotatable bonds is 2. The minimum Gasteiger partial charge on any atom is -0.285 e. The first-order chi connectivity index (χ1) is 14.3. The van der Waals surface area contributed by atoms with Crippen LogP contribution < -0.4 is 0 Å². The third-order valence-corrected chi connectivity index (χ3v) is 9.94. The Morgan fingerprint density at radius 2 is 1.80 bits per heavy atom. The van der Waals surface area contributed by atoms with Crippen molar-refractivity contribution in [2.45, 2.75) is 37.1 Å². The molecule has 2 bridgehead atoms. The molecule has 0 radical (unpaired) electrons. The van der Waals surface area contributed by atoms with Crippen LogP contribution in [-0.2, 0) is 19.6 Å². The fourth-order valence-corrected chi connectivity index (χ4v) is 8.53.